The van der Waals surface area contributed by atoms with Gasteiger partial charge in [0.15, 0.2) is 0 Å². The lowest BCUT2D eigenvalue weighted by molar-refractivity contribution is -0.135. The first-order chi connectivity index (χ1) is 7.31. The van der Waals surface area contributed by atoms with Gasteiger partial charge in [0.1, 0.15) is 0 Å². The highest BCUT2D eigenvalue weighted by molar-refractivity contribution is 9.09. The van der Waals surface area contributed by atoms with Gasteiger partial charge in [-0.25, -0.2) is 0 Å². The summed E-state index contributed by atoms with van der Waals surface area (Å²) in [6.07, 6.45) is 3.65. The number of alkyl halides is 1. The lowest BCUT2D eigenvalue weighted by Gasteiger charge is -2.41. The number of nitrogens with one attached hydrogen (secondary N) is 1. The van der Waals surface area contributed by atoms with Crippen LogP contribution >= 0.6 is 15.9 Å². The summed E-state index contributed by atoms with van der Waals surface area (Å²) in [4.78, 5) is 12.2. The van der Waals surface area contributed by atoms with Crippen molar-refractivity contribution in [3.8, 4) is 0 Å². The van der Waals surface area contributed by atoms with Crippen molar-refractivity contribution < 1.29 is 9.53 Å². The van der Waals surface area contributed by atoms with Crippen LogP contribution in [0.15, 0.2) is 0 Å². The monoisotopic (exact) mass is 291 g/mol. The van der Waals surface area contributed by atoms with E-state index in [1.54, 1.807) is 7.11 Å². The Balaban J connectivity index is 2.47. The maximum atomic E-state index is 11.9. The van der Waals surface area contributed by atoms with Gasteiger partial charge >= 0.3 is 0 Å². The van der Waals surface area contributed by atoms with Gasteiger partial charge < -0.3 is 10.1 Å². The molecule has 3 nitrogen and oxygen atoms in total. The van der Waals surface area contributed by atoms with E-state index < -0.39 is 0 Å². The van der Waals surface area contributed by atoms with Gasteiger partial charge in [0.05, 0.1) is 12.0 Å². The van der Waals surface area contributed by atoms with Crippen molar-refractivity contribution in [3.63, 3.8) is 0 Å². The number of carbonyl (C=O) groups is 1. The van der Waals surface area contributed by atoms with Crippen molar-refractivity contribution in [2.75, 3.05) is 7.11 Å². The molecule has 94 valence electrons. The van der Waals surface area contributed by atoms with E-state index in [0.717, 1.165) is 12.8 Å². The average molecular weight is 292 g/mol. The topological polar surface area (TPSA) is 38.3 Å². The zero-order valence-electron chi connectivity index (χ0n) is 10.6. The van der Waals surface area contributed by atoms with Gasteiger partial charge in [-0.1, -0.05) is 22.9 Å². The Morgan fingerprint density at radius 1 is 1.56 bits per heavy atom. The number of ether oxygens (including phenoxy) is 1. The van der Waals surface area contributed by atoms with E-state index in [4.69, 9.17) is 4.74 Å². The van der Waals surface area contributed by atoms with Crippen molar-refractivity contribution in [2.24, 2.45) is 0 Å². The second kappa shape index (κ2) is 5.05. The highest BCUT2D eigenvalue weighted by Gasteiger charge is 2.40. The third kappa shape index (κ3) is 3.20. The molecule has 0 spiro atoms. The van der Waals surface area contributed by atoms with Crippen LogP contribution in [0, 0.1) is 0 Å². The van der Waals surface area contributed by atoms with Gasteiger partial charge in [0, 0.05) is 17.5 Å². The molecular formula is C12H22BrNO2. The Morgan fingerprint density at radius 3 is 2.44 bits per heavy atom. The van der Waals surface area contributed by atoms with Crippen LogP contribution in [-0.4, -0.2) is 29.0 Å². The molecule has 0 radical (unpaired) electrons. The van der Waals surface area contributed by atoms with E-state index >= 15 is 0 Å². The fraction of sp³-hybridized carbons (Fsp3) is 0.917. The maximum absolute atomic E-state index is 11.9. The zero-order chi connectivity index (χ0) is 12.4. The molecule has 1 atom stereocenters. The first kappa shape index (κ1) is 14.0. The summed E-state index contributed by atoms with van der Waals surface area (Å²) in [6, 6.07) is 0. The molecule has 1 aliphatic rings. The van der Waals surface area contributed by atoms with Crippen molar-refractivity contribution in [3.05, 3.63) is 0 Å². The zero-order valence-corrected chi connectivity index (χ0v) is 12.2. The van der Waals surface area contributed by atoms with Crippen LogP contribution in [0.3, 0.4) is 0 Å². The quantitative estimate of drug-likeness (QED) is 0.791. The summed E-state index contributed by atoms with van der Waals surface area (Å²) in [5.41, 5.74) is -0.411. The minimum Gasteiger partial charge on any atom is -0.378 e. The van der Waals surface area contributed by atoms with E-state index in [0.29, 0.717) is 6.42 Å². The second-order valence-corrected chi connectivity index (χ2v) is 6.68. The van der Waals surface area contributed by atoms with E-state index in [1.807, 2.05) is 20.8 Å². The number of hydrogen-bond acceptors (Lipinski definition) is 2. The molecule has 1 fully saturated rings. The van der Waals surface area contributed by atoms with Crippen LogP contribution in [0.5, 0.6) is 0 Å². The molecule has 0 bridgehead atoms. The highest BCUT2D eigenvalue weighted by Crippen LogP contribution is 2.38. The first-order valence-electron chi connectivity index (χ1n) is 5.81. The summed E-state index contributed by atoms with van der Waals surface area (Å²) in [6.45, 7) is 6.07. The average Bonchev–Trinajstić information content (AvgIpc) is 2.10. The summed E-state index contributed by atoms with van der Waals surface area (Å²) >= 11 is 3.51. The molecule has 0 aromatic carbocycles. The van der Waals surface area contributed by atoms with E-state index in [1.165, 1.54) is 6.42 Å². The SMILES string of the molecule is COC1(CC(=O)NC(C)(C)C(C)Br)CCC1. The van der Waals surface area contributed by atoms with Crippen molar-refractivity contribution in [1.82, 2.24) is 5.32 Å². The summed E-state index contributed by atoms with van der Waals surface area (Å²) in [7, 11) is 1.70. The summed E-state index contributed by atoms with van der Waals surface area (Å²) in [5, 5.41) is 3.05. The van der Waals surface area contributed by atoms with Gasteiger partial charge in [-0.05, 0) is 33.1 Å². The number of amides is 1. The Kier molecular flexibility index (Phi) is 4.41. The second-order valence-electron chi connectivity index (χ2n) is 5.30. The predicted molar refractivity (Wildman–Crippen MR) is 68.8 cm³/mol. The first-order valence-corrected chi connectivity index (χ1v) is 6.73. The number of hydrogen-bond donors (Lipinski definition) is 1. The van der Waals surface area contributed by atoms with Crippen molar-refractivity contribution in [2.45, 2.75) is 62.4 Å². The molecule has 4 heteroatoms. The molecular weight excluding hydrogens is 270 g/mol. The number of methoxy groups -OCH3 is 1. The van der Waals surface area contributed by atoms with Crippen LogP contribution < -0.4 is 5.32 Å². The van der Waals surface area contributed by atoms with Crippen LogP contribution in [0.1, 0.15) is 46.5 Å². The summed E-state index contributed by atoms with van der Waals surface area (Å²) in [5.74, 6) is 0.0813. The standard InChI is InChI=1S/C12H22BrNO2/c1-9(13)11(2,3)14-10(15)8-12(16-4)6-5-7-12/h9H,5-8H2,1-4H3,(H,14,15). The molecule has 1 unspecified atom stereocenters. The van der Waals surface area contributed by atoms with Crippen molar-refractivity contribution >= 4 is 21.8 Å². The van der Waals surface area contributed by atoms with Crippen LogP contribution in [0.25, 0.3) is 0 Å². The number of rotatable bonds is 5. The molecule has 16 heavy (non-hydrogen) atoms. The van der Waals surface area contributed by atoms with Crippen LogP contribution in [0.4, 0.5) is 0 Å². The third-order valence-electron chi connectivity index (χ3n) is 3.64. The van der Waals surface area contributed by atoms with E-state index in [-0.39, 0.29) is 21.9 Å². The largest absolute Gasteiger partial charge is 0.378 e. The van der Waals surface area contributed by atoms with Crippen LogP contribution in [0.2, 0.25) is 0 Å². The molecule has 1 aliphatic carbocycles. The minimum absolute atomic E-state index is 0.0813. The number of carbonyl (C=O) groups excluding carboxylic acids is 1. The minimum atomic E-state index is -0.226. The Bertz CT molecular complexity index is 248. The van der Waals surface area contributed by atoms with Gasteiger partial charge in [-0.2, -0.15) is 0 Å². The van der Waals surface area contributed by atoms with Gasteiger partial charge in [-0.3, -0.25) is 4.79 Å². The lowest BCUT2D eigenvalue weighted by atomic mass is 9.77. The maximum Gasteiger partial charge on any atom is 0.223 e. The van der Waals surface area contributed by atoms with E-state index in [9.17, 15) is 4.79 Å². The molecule has 1 rings (SSSR count). The smallest absolute Gasteiger partial charge is 0.223 e. The molecule has 1 N–H and O–H groups in total. The molecule has 0 heterocycles. The summed E-state index contributed by atoms with van der Waals surface area (Å²) < 4.78 is 5.45. The fourth-order valence-electron chi connectivity index (χ4n) is 1.82. The molecule has 1 saturated carbocycles. The fourth-order valence-corrected chi connectivity index (χ4v) is 1.93. The van der Waals surface area contributed by atoms with Gasteiger partial charge in [0.25, 0.3) is 0 Å². The molecule has 1 amide bonds. The van der Waals surface area contributed by atoms with Gasteiger partial charge in [-0.15, -0.1) is 0 Å². The highest BCUT2D eigenvalue weighted by atomic mass is 79.9. The Labute approximate surface area is 106 Å². The Hall–Kier alpha value is -0.0900. The third-order valence-corrected chi connectivity index (χ3v) is 4.78. The Morgan fingerprint density at radius 2 is 2.12 bits per heavy atom. The number of halogens is 1. The molecule has 0 aliphatic heterocycles. The van der Waals surface area contributed by atoms with Crippen molar-refractivity contribution in [1.29, 1.82) is 0 Å². The lowest BCUT2D eigenvalue weighted by Crippen LogP contribution is -2.52. The normalized spacial score (nSPS) is 21.1. The van der Waals surface area contributed by atoms with E-state index in [2.05, 4.69) is 21.2 Å². The van der Waals surface area contributed by atoms with Gasteiger partial charge in [0.2, 0.25) is 5.91 Å². The molecule has 0 aromatic rings. The van der Waals surface area contributed by atoms with Crippen LogP contribution in [-0.2, 0) is 9.53 Å². The molecule has 0 aromatic heterocycles. The molecule has 0 saturated heterocycles. The predicted octanol–water partition coefficient (Wildman–Crippen LogP) is 2.62.